The number of hydrogen-bond acceptors (Lipinski definition) is 2. The minimum atomic E-state index is -0.146. The van der Waals surface area contributed by atoms with E-state index in [4.69, 9.17) is 5.11 Å². The van der Waals surface area contributed by atoms with Gasteiger partial charge in [-0.25, -0.2) is 0 Å². The van der Waals surface area contributed by atoms with Crippen LogP contribution in [0.4, 0.5) is 0 Å². The molecule has 0 radical (unpaired) electrons. The Kier molecular flexibility index (Phi) is 5.57. The number of carbonyl (C=O) groups is 1. The average molecular weight is 279 g/mol. The molecule has 0 bridgehead atoms. The SMILES string of the molecule is O=C(NCc1ccccc1)c1ccccc1C#CCCO. The molecule has 0 saturated heterocycles. The summed E-state index contributed by atoms with van der Waals surface area (Å²) >= 11 is 0. The molecule has 0 unspecified atom stereocenters. The fourth-order valence-electron chi connectivity index (χ4n) is 1.88. The van der Waals surface area contributed by atoms with Crippen molar-refractivity contribution in [2.45, 2.75) is 13.0 Å². The molecule has 0 fully saturated rings. The minimum Gasteiger partial charge on any atom is -0.395 e. The molecule has 21 heavy (non-hydrogen) atoms. The van der Waals surface area contributed by atoms with Crippen molar-refractivity contribution in [3.8, 4) is 11.8 Å². The fraction of sp³-hybridized carbons (Fsp3) is 0.167. The predicted molar refractivity (Wildman–Crippen MR) is 82.6 cm³/mol. The highest BCUT2D eigenvalue weighted by Gasteiger charge is 2.08. The van der Waals surface area contributed by atoms with Crippen LogP contribution in [0.2, 0.25) is 0 Å². The van der Waals surface area contributed by atoms with Crippen molar-refractivity contribution in [1.29, 1.82) is 0 Å². The van der Waals surface area contributed by atoms with Crippen LogP contribution in [0.3, 0.4) is 0 Å². The molecule has 2 N–H and O–H groups in total. The number of benzene rings is 2. The summed E-state index contributed by atoms with van der Waals surface area (Å²) in [5.41, 5.74) is 2.28. The van der Waals surface area contributed by atoms with Gasteiger partial charge in [0.15, 0.2) is 0 Å². The largest absolute Gasteiger partial charge is 0.395 e. The third kappa shape index (κ3) is 4.48. The second kappa shape index (κ2) is 7.88. The van der Waals surface area contributed by atoms with Crippen molar-refractivity contribution in [3.63, 3.8) is 0 Å². The molecule has 2 aromatic carbocycles. The number of hydrogen-bond donors (Lipinski definition) is 2. The number of carbonyl (C=O) groups excluding carboxylic acids is 1. The normalized spacial score (nSPS) is 9.57. The zero-order valence-corrected chi connectivity index (χ0v) is 11.7. The predicted octanol–water partition coefficient (Wildman–Crippen LogP) is 2.35. The van der Waals surface area contributed by atoms with E-state index >= 15 is 0 Å². The average Bonchev–Trinajstić information content (AvgIpc) is 2.54. The summed E-state index contributed by atoms with van der Waals surface area (Å²) in [4.78, 5) is 12.2. The van der Waals surface area contributed by atoms with Gasteiger partial charge in [0.2, 0.25) is 0 Å². The fourth-order valence-corrected chi connectivity index (χ4v) is 1.88. The third-order valence-electron chi connectivity index (χ3n) is 2.93. The molecule has 0 aliphatic heterocycles. The van der Waals surface area contributed by atoms with E-state index in [1.165, 1.54) is 0 Å². The number of rotatable bonds is 4. The quantitative estimate of drug-likeness (QED) is 0.844. The Bertz CT molecular complexity index is 654. The molecule has 3 heteroatoms. The van der Waals surface area contributed by atoms with Gasteiger partial charge in [-0.2, -0.15) is 0 Å². The van der Waals surface area contributed by atoms with Gasteiger partial charge in [0.1, 0.15) is 0 Å². The van der Waals surface area contributed by atoms with Crippen molar-refractivity contribution in [2.75, 3.05) is 6.61 Å². The summed E-state index contributed by atoms with van der Waals surface area (Å²) in [6.45, 7) is 0.507. The Labute approximate surface area is 124 Å². The van der Waals surface area contributed by atoms with Crippen molar-refractivity contribution < 1.29 is 9.90 Å². The second-order valence-electron chi connectivity index (χ2n) is 4.49. The van der Waals surface area contributed by atoms with Crippen molar-refractivity contribution in [3.05, 3.63) is 71.3 Å². The molecular formula is C18H17NO2. The van der Waals surface area contributed by atoms with E-state index in [0.29, 0.717) is 24.1 Å². The zero-order chi connectivity index (χ0) is 14.9. The first kappa shape index (κ1) is 14.8. The van der Waals surface area contributed by atoms with Gasteiger partial charge in [0.05, 0.1) is 12.2 Å². The molecule has 3 nitrogen and oxygen atoms in total. The molecule has 0 heterocycles. The smallest absolute Gasteiger partial charge is 0.252 e. The topological polar surface area (TPSA) is 49.3 Å². The van der Waals surface area contributed by atoms with E-state index in [0.717, 1.165) is 5.56 Å². The molecule has 0 atom stereocenters. The minimum absolute atomic E-state index is 0.0232. The van der Waals surface area contributed by atoms with Crippen molar-refractivity contribution >= 4 is 5.91 Å². The summed E-state index contributed by atoms with van der Waals surface area (Å²) in [7, 11) is 0. The molecule has 0 spiro atoms. The van der Waals surface area contributed by atoms with E-state index in [2.05, 4.69) is 17.2 Å². The van der Waals surface area contributed by atoms with Crippen LogP contribution in [-0.4, -0.2) is 17.6 Å². The standard InChI is InChI=1S/C18H17NO2/c20-13-7-6-11-16-10-4-5-12-17(16)18(21)19-14-15-8-2-1-3-9-15/h1-5,8-10,12,20H,7,13-14H2,(H,19,21). The number of nitrogens with one attached hydrogen (secondary N) is 1. The molecule has 0 aliphatic carbocycles. The van der Waals surface area contributed by atoms with Crippen LogP contribution >= 0.6 is 0 Å². The Morgan fingerprint density at radius 2 is 1.76 bits per heavy atom. The third-order valence-corrected chi connectivity index (χ3v) is 2.93. The number of amides is 1. The van der Waals surface area contributed by atoms with Crippen LogP contribution in [0, 0.1) is 11.8 Å². The van der Waals surface area contributed by atoms with Crippen LogP contribution < -0.4 is 5.32 Å². The summed E-state index contributed by atoms with van der Waals surface area (Å²) in [5.74, 6) is 5.62. The lowest BCUT2D eigenvalue weighted by atomic mass is 10.1. The zero-order valence-electron chi connectivity index (χ0n) is 11.7. The summed E-state index contributed by atoms with van der Waals surface area (Å²) < 4.78 is 0. The number of aliphatic hydroxyl groups excluding tert-OH is 1. The van der Waals surface area contributed by atoms with Gasteiger partial charge in [-0.05, 0) is 17.7 Å². The van der Waals surface area contributed by atoms with E-state index in [-0.39, 0.29) is 12.5 Å². The maximum absolute atomic E-state index is 12.2. The maximum Gasteiger partial charge on any atom is 0.252 e. The van der Waals surface area contributed by atoms with Crippen LogP contribution in [0.5, 0.6) is 0 Å². The first-order valence-electron chi connectivity index (χ1n) is 6.82. The summed E-state index contributed by atoms with van der Waals surface area (Å²) in [5, 5.41) is 11.6. The Morgan fingerprint density at radius 1 is 1.05 bits per heavy atom. The number of aliphatic hydroxyl groups is 1. The Hall–Kier alpha value is -2.57. The van der Waals surface area contributed by atoms with E-state index in [1.54, 1.807) is 6.07 Å². The summed E-state index contributed by atoms with van der Waals surface area (Å²) in [6.07, 6.45) is 0.403. The second-order valence-corrected chi connectivity index (χ2v) is 4.49. The molecule has 2 aromatic rings. The lowest BCUT2D eigenvalue weighted by Gasteiger charge is -2.07. The monoisotopic (exact) mass is 279 g/mol. The highest BCUT2D eigenvalue weighted by Crippen LogP contribution is 2.08. The van der Waals surface area contributed by atoms with Gasteiger partial charge >= 0.3 is 0 Å². The molecule has 0 aromatic heterocycles. The lowest BCUT2D eigenvalue weighted by Crippen LogP contribution is -2.23. The molecule has 0 aliphatic rings. The first-order valence-corrected chi connectivity index (χ1v) is 6.82. The van der Waals surface area contributed by atoms with Crippen LogP contribution in [0.1, 0.15) is 27.9 Å². The Morgan fingerprint density at radius 3 is 2.52 bits per heavy atom. The van der Waals surface area contributed by atoms with Crippen molar-refractivity contribution in [2.24, 2.45) is 0 Å². The maximum atomic E-state index is 12.2. The molecule has 2 rings (SSSR count). The van der Waals surface area contributed by atoms with Gasteiger partial charge in [-0.15, -0.1) is 0 Å². The highest BCUT2D eigenvalue weighted by atomic mass is 16.2. The van der Waals surface area contributed by atoms with E-state index in [1.807, 2.05) is 48.5 Å². The van der Waals surface area contributed by atoms with Crippen LogP contribution in [0.15, 0.2) is 54.6 Å². The molecule has 0 saturated carbocycles. The van der Waals surface area contributed by atoms with Gasteiger partial charge in [-0.1, -0.05) is 54.3 Å². The highest BCUT2D eigenvalue weighted by molar-refractivity contribution is 5.96. The van der Waals surface area contributed by atoms with Gasteiger partial charge in [-0.3, -0.25) is 4.79 Å². The Balaban J connectivity index is 2.07. The van der Waals surface area contributed by atoms with Crippen molar-refractivity contribution in [1.82, 2.24) is 5.32 Å². The molecule has 1 amide bonds. The molecule has 106 valence electrons. The van der Waals surface area contributed by atoms with Gasteiger partial charge < -0.3 is 10.4 Å². The van der Waals surface area contributed by atoms with Gasteiger partial charge in [0, 0.05) is 18.5 Å². The van der Waals surface area contributed by atoms with Gasteiger partial charge in [0.25, 0.3) is 5.91 Å². The van der Waals surface area contributed by atoms with E-state index in [9.17, 15) is 4.79 Å². The first-order chi connectivity index (χ1) is 10.3. The lowest BCUT2D eigenvalue weighted by molar-refractivity contribution is 0.0950. The van der Waals surface area contributed by atoms with Crippen LogP contribution in [0.25, 0.3) is 0 Å². The van der Waals surface area contributed by atoms with E-state index < -0.39 is 0 Å². The van der Waals surface area contributed by atoms with Crippen LogP contribution in [-0.2, 0) is 6.54 Å². The molecular weight excluding hydrogens is 262 g/mol. The summed E-state index contributed by atoms with van der Waals surface area (Å²) in [6, 6.07) is 17.0.